The van der Waals surface area contributed by atoms with E-state index in [1.165, 1.54) is 15.6 Å². The average molecular weight is 336 g/mol. The van der Waals surface area contributed by atoms with Gasteiger partial charge in [-0.3, -0.25) is 0 Å². The third kappa shape index (κ3) is 2.48. The Hall–Kier alpha value is -1.10. The molecule has 19 heavy (non-hydrogen) atoms. The summed E-state index contributed by atoms with van der Waals surface area (Å²) in [4.78, 5) is 0. The second-order valence-corrected chi connectivity index (χ2v) is 6.01. The van der Waals surface area contributed by atoms with E-state index >= 15 is 0 Å². The number of fused-ring (bicyclic) bond motifs is 1. The van der Waals surface area contributed by atoms with Crippen LogP contribution in [0.3, 0.4) is 0 Å². The van der Waals surface area contributed by atoms with Crippen LogP contribution in [0, 0.1) is 0 Å². The Balaban J connectivity index is 2.09. The molecule has 2 aromatic heterocycles. The van der Waals surface area contributed by atoms with E-state index in [0.29, 0.717) is 0 Å². The summed E-state index contributed by atoms with van der Waals surface area (Å²) in [7, 11) is 0. The standard InChI is InChI=1S/C15H14BrNOS/c1-2-17-15(12-7-8-14(16)18-12)11-9-19-13-6-4-3-5-10(11)13/h3-9,15,17H,2H2,1H3. The molecule has 1 aromatic carbocycles. The van der Waals surface area contributed by atoms with Crippen LogP contribution in [0.15, 0.2) is 50.9 Å². The third-order valence-corrected chi connectivity index (χ3v) is 4.52. The maximum atomic E-state index is 5.73. The second kappa shape index (κ2) is 5.49. The average Bonchev–Trinajstić information content (AvgIpc) is 3.03. The summed E-state index contributed by atoms with van der Waals surface area (Å²) in [5.74, 6) is 0.942. The smallest absolute Gasteiger partial charge is 0.169 e. The molecule has 2 heterocycles. The molecule has 1 atom stereocenters. The number of nitrogens with one attached hydrogen (secondary N) is 1. The summed E-state index contributed by atoms with van der Waals surface area (Å²) < 4.78 is 7.81. The molecule has 2 nitrogen and oxygen atoms in total. The highest BCUT2D eigenvalue weighted by Crippen LogP contribution is 2.34. The van der Waals surface area contributed by atoms with Crippen LogP contribution in [0.5, 0.6) is 0 Å². The fourth-order valence-corrected chi connectivity index (χ4v) is 3.58. The monoisotopic (exact) mass is 335 g/mol. The van der Waals surface area contributed by atoms with Crippen LogP contribution < -0.4 is 5.32 Å². The Labute approximate surface area is 124 Å². The van der Waals surface area contributed by atoms with Gasteiger partial charge >= 0.3 is 0 Å². The van der Waals surface area contributed by atoms with Gasteiger partial charge in [0.15, 0.2) is 4.67 Å². The number of thiophene rings is 1. The molecule has 3 rings (SSSR count). The molecule has 0 amide bonds. The summed E-state index contributed by atoms with van der Waals surface area (Å²) in [6, 6.07) is 12.5. The van der Waals surface area contributed by atoms with Crippen molar-refractivity contribution in [3.05, 3.63) is 57.8 Å². The molecule has 98 valence electrons. The van der Waals surface area contributed by atoms with Crippen LogP contribution in [0.25, 0.3) is 10.1 Å². The molecule has 3 aromatic rings. The summed E-state index contributed by atoms with van der Waals surface area (Å²) in [5, 5.41) is 7.01. The molecule has 4 heteroatoms. The lowest BCUT2D eigenvalue weighted by atomic mass is 10.0. The summed E-state index contributed by atoms with van der Waals surface area (Å²) in [6.45, 7) is 3.01. The molecule has 0 aliphatic heterocycles. The minimum absolute atomic E-state index is 0.104. The molecule has 0 radical (unpaired) electrons. The lowest BCUT2D eigenvalue weighted by Crippen LogP contribution is -2.21. The van der Waals surface area contributed by atoms with E-state index in [2.05, 4.69) is 57.8 Å². The van der Waals surface area contributed by atoms with Gasteiger partial charge in [0.25, 0.3) is 0 Å². The second-order valence-electron chi connectivity index (χ2n) is 4.32. The van der Waals surface area contributed by atoms with Crippen LogP contribution >= 0.6 is 27.3 Å². The van der Waals surface area contributed by atoms with E-state index < -0.39 is 0 Å². The molecule has 0 fully saturated rings. The van der Waals surface area contributed by atoms with Gasteiger partial charge in [-0.2, -0.15) is 0 Å². The molecule has 1 N–H and O–H groups in total. The highest BCUT2D eigenvalue weighted by molar-refractivity contribution is 9.10. The van der Waals surface area contributed by atoms with E-state index in [0.717, 1.165) is 17.0 Å². The Morgan fingerprint density at radius 2 is 2.11 bits per heavy atom. The summed E-state index contributed by atoms with van der Waals surface area (Å²) in [6.07, 6.45) is 0. The first-order chi connectivity index (χ1) is 9.29. The number of halogens is 1. The number of furan rings is 1. The van der Waals surface area contributed by atoms with Crippen LogP contribution in [0.2, 0.25) is 0 Å². The van der Waals surface area contributed by atoms with Gasteiger partial charge in [0.2, 0.25) is 0 Å². The van der Waals surface area contributed by atoms with Gasteiger partial charge in [0.05, 0.1) is 6.04 Å². The fourth-order valence-electron chi connectivity index (χ4n) is 2.27. The van der Waals surface area contributed by atoms with Crippen molar-refractivity contribution in [1.82, 2.24) is 5.32 Å². The Kier molecular flexibility index (Phi) is 3.73. The van der Waals surface area contributed by atoms with E-state index in [1.54, 1.807) is 11.3 Å². The van der Waals surface area contributed by atoms with Crippen LogP contribution in [0.4, 0.5) is 0 Å². The maximum Gasteiger partial charge on any atom is 0.169 e. The van der Waals surface area contributed by atoms with Gasteiger partial charge < -0.3 is 9.73 Å². The maximum absolute atomic E-state index is 5.73. The van der Waals surface area contributed by atoms with Crippen LogP contribution in [-0.2, 0) is 0 Å². The Morgan fingerprint density at radius 1 is 1.26 bits per heavy atom. The minimum atomic E-state index is 0.104. The van der Waals surface area contributed by atoms with Crippen molar-refractivity contribution < 1.29 is 4.42 Å². The molecule has 0 spiro atoms. The quantitative estimate of drug-likeness (QED) is 0.729. The number of rotatable bonds is 4. The fraction of sp³-hybridized carbons (Fsp3) is 0.200. The van der Waals surface area contributed by atoms with E-state index in [4.69, 9.17) is 4.42 Å². The van der Waals surface area contributed by atoms with Crippen molar-refractivity contribution in [3.63, 3.8) is 0 Å². The zero-order chi connectivity index (χ0) is 13.2. The first-order valence-electron chi connectivity index (χ1n) is 6.24. The minimum Gasteiger partial charge on any atom is -0.452 e. The van der Waals surface area contributed by atoms with Crippen molar-refractivity contribution in [2.75, 3.05) is 6.54 Å². The summed E-state index contributed by atoms with van der Waals surface area (Å²) in [5.41, 5.74) is 1.28. The first kappa shape index (κ1) is 12.9. The van der Waals surface area contributed by atoms with Crippen LogP contribution in [-0.4, -0.2) is 6.54 Å². The molecule has 1 unspecified atom stereocenters. The van der Waals surface area contributed by atoms with Gasteiger partial charge in [-0.1, -0.05) is 25.1 Å². The lowest BCUT2D eigenvalue weighted by molar-refractivity contribution is 0.439. The zero-order valence-corrected chi connectivity index (χ0v) is 12.9. The van der Waals surface area contributed by atoms with Crippen molar-refractivity contribution in [3.8, 4) is 0 Å². The van der Waals surface area contributed by atoms with Gasteiger partial charge in [-0.25, -0.2) is 0 Å². The highest BCUT2D eigenvalue weighted by atomic mass is 79.9. The Morgan fingerprint density at radius 3 is 2.84 bits per heavy atom. The van der Waals surface area contributed by atoms with Crippen molar-refractivity contribution >= 4 is 37.4 Å². The van der Waals surface area contributed by atoms with E-state index in [-0.39, 0.29) is 6.04 Å². The number of benzene rings is 1. The third-order valence-electron chi connectivity index (χ3n) is 3.11. The molecule has 0 saturated heterocycles. The van der Waals surface area contributed by atoms with Crippen molar-refractivity contribution in [1.29, 1.82) is 0 Å². The zero-order valence-electron chi connectivity index (χ0n) is 10.5. The molecule has 0 saturated carbocycles. The SMILES string of the molecule is CCNC(c1ccc(Br)o1)c1csc2ccccc12. The van der Waals surface area contributed by atoms with Crippen LogP contribution in [0.1, 0.15) is 24.3 Å². The van der Waals surface area contributed by atoms with Crippen molar-refractivity contribution in [2.45, 2.75) is 13.0 Å². The predicted octanol–water partition coefficient (Wildman–Crippen LogP) is 4.96. The topological polar surface area (TPSA) is 25.2 Å². The molecular formula is C15H14BrNOS. The molecule has 0 aliphatic carbocycles. The van der Waals surface area contributed by atoms with Gasteiger partial charge in [0, 0.05) is 4.70 Å². The largest absolute Gasteiger partial charge is 0.452 e. The van der Waals surface area contributed by atoms with E-state index in [1.807, 2.05) is 12.1 Å². The van der Waals surface area contributed by atoms with Crippen molar-refractivity contribution in [2.24, 2.45) is 0 Å². The molecule has 0 bridgehead atoms. The molecule has 0 aliphatic rings. The highest BCUT2D eigenvalue weighted by Gasteiger charge is 2.20. The predicted molar refractivity (Wildman–Crippen MR) is 83.8 cm³/mol. The normalized spacial score (nSPS) is 12.9. The number of hydrogen-bond donors (Lipinski definition) is 1. The first-order valence-corrected chi connectivity index (χ1v) is 7.91. The van der Waals surface area contributed by atoms with Gasteiger partial charge in [0.1, 0.15) is 5.76 Å². The van der Waals surface area contributed by atoms with Gasteiger partial charge in [-0.15, -0.1) is 11.3 Å². The Bertz CT molecular complexity index is 688. The molecular weight excluding hydrogens is 322 g/mol. The van der Waals surface area contributed by atoms with Gasteiger partial charge in [-0.05, 0) is 57.0 Å². The van der Waals surface area contributed by atoms with E-state index in [9.17, 15) is 0 Å². The number of hydrogen-bond acceptors (Lipinski definition) is 3. The summed E-state index contributed by atoms with van der Waals surface area (Å²) >= 11 is 5.15. The lowest BCUT2D eigenvalue weighted by Gasteiger charge is -2.15.